The number of fused-ring (bicyclic) bond motifs is 1. The van der Waals surface area contributed by atoms with Crippen LogP contribution in [0.5, 0.6) is 5.75 Å². The molecule has 0 aromatic heterocycles. The van der Waals surface area contributed by atoms with Crippen LogP contribution in [0.25, 0.3) is 0 Å². The lowest BCUT2D eigenvalue weighted by Gasteiger charge is -2.39. The Morgan fingerprint density at radius 3 is 2.50 bits per heavy atom. The van der Waals surface area contributed by atoms with Crippen molar-refractivity contribution in [3.63, 3.8) is 0 Å². The van der Waals surface area contributed by atoms with E-state index in [0.29, 0.717) is 58.3 Å². The summed E-state index contributed by atoms with van der Waals surface area (Å²) in [4.78, 5) is 2.15. The second-order valence-corrected chi connectivity index (χ2v) is 10.2. The largest absolute Gasteiger partial charge is 0.493 e. The van der Waals surface area contributed by atoms with Crippen molar-refractivity contribution < 1.29 is 18.3 Å². The number of benzene rings is 1. The fourth-order valence-electron chi connectivity index (χ4n) is 4.29. The van der Waals surface area contributed by atoms with Crippen LogP contribution in [0, 0.1) is 5.92 Å². The minimum absolute atomic E-state index is 0.485. The first-order valence-corrected chi connectivity index (χ1v) is 11.7. The summed E-state index contributed by atoms with van der Waals surface area (Å²) in [5, 5.41) is 10.6. The third kappa shape index (κ3) is 4.21. The molecule has 7 nitrogen and oxygen atoms in total. The second-order valence-electron chi connectivity index (χ2n) is 8.27. The number of piperidine rings is 1. The lowest BCUT2D eigenvalue weighted by atomic mass is 10.0. The van der Waals surface area contributed by atoms with E-state index >= 15 is 0 Å². The number of nitrogens with zero attached hydrogens (tertiary/aromatic N) is 3. The van der Waals surface area contributed by atoms with E-state index in [9.17, 15) is 13.5 Å². The molecule has 8 heteroatoms. The van der Waals surface area contributed by atoms with Crippen LogP contribution in [0.2, 0.25) is 0 Å². The molecule has 4 rings (SSSR count). The molecule has 2 fully saturated rings. The van der Waals surface area contributed by atoms with E-state index in [1.807, 2.05) is 18.2 Å². The Morgan fingerprint density at radius 2 is 1.79 bits per heavy atom. The van der Waals surface area contributed by atoms with E-state index in [2.05, 4.69) is 11.8 Å². The molecule has 3 aliphatic rings. The quantitative estimate of drug-likeness (QED) is 0.792. The topological polar surface area (TPSA) is 73.3 Å². The lowest BCUT2D eigenvalue weighted by molar-refractivity contribution is 0.0902. The first kappa shape index (κ1) is 20.1. The molecule has 3 heterocycles. The van der Waals surface area contributed by atoms with E-state index in [0.717, 1.165) is 36.1 Å². The predicted octanol–water partition coefficient (Wildman–Crippen LogP) is 1.25. The SMILES string of the molecule is CC1CCN(S(=O)(=O)N2CCN(CC(O)c3ccc4c(c3)CCO4)CC2)CC1. The van der Waals surface area contributed by atoms with Crippen molar-refractivity contribution >= 4 is 10.2 Å². The highest BCUT2D eigenvalue weighted by atomic mass is 32.2. The summed E-state index contributed by atoms with van der Waals surface area (Å²) in [6.45, 7) is 6.94. The van der Waals surface area contributed by atoms with Gasteiger partial charge in [-0.15, -0.1) is 0 Å². The summed E-state index contributed by atoms with van der Waals surface area (Å²) in [5.74, 6) is 1.53. The standard InChI is InChI=1S/C20H31N3O4S/c1-16-4-7-22(8-5-16)28(25,26)23-11-9-21(10-12-23)15-19(24)17-2-3-20-18(14-17)6-13-27-20/h2-3,14,16,19,24H,4-13,15H2,1H3. The Bertz CT molecular complexity index is 785. The molecule has 1 unspecified atom stereocenters. The molecule has 1 N–H and O–H groups in total. The molecular weight excluding hydrogens is 378 g/mol. The van der Waals surface area contributed by atoms with Crippen molar-refractivity contribution in [3.05, 3.63) is 29.3 Å². The van der Waals surface area contributed by atoms with Crippen LogP contribution in [-0.2, 0) is 16.6 Å². The lowest BCUT2D eigenvalue weighted by Crippen LogP contribution is -2.54. The van der Waals surface area contributed by atoms with Crippen molar-refractivity contribution in [2.24, 2.45) is 5.92 Å². The minimum atomic E-state index is -3.36. The van der Waals surface area contributed by atoms with Gasteiger partial charge >= 0.3 is 0 Å². The molecule has 0 bridgehead atoms. The minimum Gasteiger partial charge on any atom is -0.493 e. The van der Waals surface area contributed by atoms with Crippen LogP contribution in [0.1, 0.15) is 37.0 Å². The van der Waals surface area contributed by atoms with Crippen LogP contribution < -0.4 is 4.74 Å². The third-order valence-electron chi connectivity index (χ3n) is 6.26. The predicted molar refractivity (Wildman–Crippen MR) is 108 cm³/mol. The van der Waals surface area contributed by atoms with Crippen LogP contribution in [0.15, 0.2) is 18.2 Å². The summed E-state index contributed by atoms with van der Waals surface area (Å²) in [6.07, 6.45) is 2.20. The Balaban J connectivity index is 1.30. The summed E-state index contributed by atoms with van der Waals surface area (Å²) in [6, 6.07) is 5.89. The normalized spacial score (nSPS) is 24.1. The molecular formula is C20H31N3O4S. The highest BCUT2D eigenvalue weighted by Crippen LogP contribution is 2.29. The first-order chi connectivity index (χ1) is 13.4. The van der Waals surface area contributed by atoms with Crippen LogP contribution in [0.4, 0.5) is 0 Å². The average Bonchev–Trinajstić information content (AvgIpc) is 3.16. The molecule has 0 spiro atoms. The maximum absolute atomic E-state index is 12.9. The molecule has 156 valence electrons. The zero-order valence-corrected chi connectivity index (χ0v) is 17.4. The van der Waals surface area contributed by atoms with Gasteiger partial charge in [0.15, 0.2) is 0 Å². The Labute approximate surface area is 168 Å². The van der Waals surface area contributed by atoms with Gasteiger partial charge in [-0.2, -0.15) is 17.0 Å². The van der Waals surface area contributed by atoms with E-state index in [4.69, 9.17) is 4.74 Å². The summed E-state index contributed by atoms with van der Waals surface area (Å²) in [7, 11) is -3.36. The van der Waals surface area contributed by atoms with Gasteiger partial charge in [0.25, 0.3) is 10.2 Å². The molecule has 1 atom stereocenters. The number of aliphatic hydroxyl groups excluding tert-OH is 1. The van der Waals surface area contributed by atoms with Gasteiger partial charge in [0.2, 0.25) is 0 Å². The van der Waals surface area contributed by atoms with E-state index in [1.165, 1.54) is 0 Å². The Kier molecular flexibility index (Phi) is 5.94. The number of piperazine rings is 1. The van der Waals surface area contributed by atoms with Gasteiger partial charge in [-0.05, 0) is 42.0 Å². The van der Waals surface area contributed by atoms with Crippen molar-refractivity contribution in [3.8, 4) is 5.75 Å². The molecule has 1 aromatic rings. The molecule has 0 saturated carbocycles. The number of aliphatic hydroxyl groups is 1. The molecule has 2 saturated heterocycles. The maximum Gasteiger partial charge on any atom is 0.282 e. The highest BCUT2D eigenvalue weighted by Gasteiger charge is 2.34. The molecule has 3 aliphatic heterocycles. The zero-order chi connectivity index (χ0) is 19.7. The summed E-state index contributed by atoms with van der Waals surface area (Å²) >= 11 is 0. The van der Waals surface area contributed by atoms with Crippen molar-refractivity contribution in [1.82, 2.24) is 13.5 Å². The Morgan fingerprint density at radius 1 is 1.11 bits per heavy atom. The van der Waals surface area contributed by atoms with Gasteiger partial charge in [-0.1, -0.05) is 13.0 Å². The van der Waals surface area contributed by atoms with Gasteiger partial charge < -0.3 is 9.84 Å². The monoisotopic (exact) mass is 409 g/mol. The summed E-state index contributed by atoms with van der Waals surface area (Å²) < 4.78 is 34.5. The van der Waals surface area contributed by atoms with Crippen molar-refractivity contribution in [2.75, 3.05) is 52.4 Å². The second kappa shape index (κ2) is 8.28. The van der Waals surface area contributed by atoms with Crippen LogP contribution in [0.3, 0.4) is 0 Å². The Hall–Kier alpha value is -1.19. The molecule has 28 heavy (non-hydrogen) atoms. The number of ether oxygens (including phenoxy) is 1. The molecule has 0 aliphatic carbocycles. The average molecular weight is 410 g/mol. The third-order valence-corrected chi connectivity index (χ3v) is 8.29. The van der Waals surface area contributed by atoms with Gasteiger partial charge in [-0.25, -0.2) is 0 Å². The van der Waals surface area contributed by atoms with E-state index in [-0.39, 0.29) is 0 Å². The number of β-amino-alcohol motifs (C(OH)–C–C–N with tert-alkyl or cyclic N) is 1. The molecule has 1 aromatic carbocycles. The summed E-state index contributed by atoms with van der Waals surface area (Å²) in [5.41, 5.74) is 2.06. The van der Waals surface area contributed by atoms with Gasteiger partial charge in [0.05, 0.1) is 12.7 Å². The number of rotatable bonds is 5. The van der Waals surface area contributed by atoms with Crippen molar-refractivity contribution in [2.45, 2.75) is 32.3 Å². The molecule has 0 radical (unpaired) electrons. The van der Waals surface area contributed by atoms with E-state index < -0.39 is 16.3 Å². The number of hydrogen-bond donors (Lipinski definition) is 1. The fourth-order valence-corrected chi connectivity index (χ4v) is 5.91. The zero-order valence-electron chi connectivity index (χ0n) is 16.6. The first-order valence-electron chi connectivity index (χ1n) is 10.3. The van der Waals surface area contributed by atoms with Gasteiger partial charge in [-0.3, -0.25) is 4.90 Å². The number of hydrogen-bond acceptors (Lipinski definition) is 5. The van der Waals surface area contributed by atoms with Crippen molar-refractivity contribution in [1.29, 1.82) is 0 Å². The van der Waals surface area contributed by atoms with Gasteiger partial charge in [0, 0.05) is 52.2 Å². The maximum atomic E-state index is 12.9. The fraction of sp³-hybridized carbons (Fsp3) is 0.700. The molecule has 0 amide bonds. The van der Waals surface area contributed by atoms with Crippen LogP contribution >= 0.6 is 0 Å². The van der Waals surface area contributed by atoms with Gasteiger partial charge in [0.1, 0.15) is 5.75 Å². The van der Waals surface area contributed by atoms with E-state index in [1.54, 1.807) is 8.61 Å². The van der Waals surface area contributed by atoms with Crippen LogP contribution in [-0.4, -0.2) is 79.5 Å². The highest BCUT2D eigenvalue weighted by molar-refractivity contribution is 7.86. The smallest absolute Gasteiger partial charge is 0.282 e.